The summed E-state index contributed by atoms with van der Waals surface area (Å²) in [6.07, 6.45) is 3.58. The average molecular weight is 399 g/mol. The molecule has 0 spiro atoms. The normalized spacial score (nSPS) is 9.38. The summed E-state index contributed by atoms with van der Waals surface area (Å²) >= 11 is 4.81. The Hall–Kier alpha value is -2.55. The largest absolute Gasteiger partial charge is 2.00 e. The molecule has 130 valence electrons. The number of pyridine rings is 2. The van der Waals surface area contributed by atoms with Crippen molar-refractivity contribution in [2.45, 2.75) is 4.90 Å². The van der Waals surface area contributed by atoms with Crippen LogP contribution in [0.4, 0.5) is 0 Å². The third-order valence-corrected chi connectivity index (χ3v) is 3.69. The van der Waals surface area contributed by atoms with E-state index in [1.165, 1.54) is 0 Å². The van der Waals surface area contributed by atoms with E-state index in [1.807, 2.05) is 84.9 Å². The standard InChI is InChI=1S/C16H11N2.C6H6S.Ni/c1-3-10-17-15(8-1)13-6-5-7-14(12-13)16-9-2-4-11-18-16;7-6-4-2-1-3-5-6;/h1-11H;1-5,7H;/q-1;;+2/p-1. The zero-order valence-corrected chi connectivity index (χ0v) is 15.7. The molecule has 0 N–H and O–H groups in total. The maximum absolute atomic E-state index is 4.81. The summed E-state index contributed by atoms with van der Waals surface area (Å²) in [6, 6.07) is 30.7. The van der Waals surface area contributed by atoms with Crippen molar-refractivity contribution < 1.29 is 16.5 Å². The summed E-state index contributed by atoms with van der Waals surface area (Å²) in [5, 5.41) is 0. The van der Waals surface area contributed by atoms with E-state index in [9.17, 15) is 0 Å². The predicted molar refractivity (Wildman–Crippen MR) is 104 cm³/mol. The number of aromatic nitrogens is 2. The third-order valence-electron chi connectivity index (χ3n) is 3.42. The SMILES string of the molecule is [Ni+2].[S-]c1ccccc1.[c-]1c(-c2ccccn2)cccc1-c1ccccn1. The van der Waals surface area contributed by atoms with E-state index in [1.54, 1.807) is 12.4 Å². The molecule has 0 radical (unpaired) electrons. The molecule has 0 bridgehead atoms. The zero-order chi connectivity index (χ0) is 17.3. The van der Waals surface area contributed by atoms with Gasteiger partial charge in [-0.25, -0.2) is 0 Å². The van der Waals surface area contributed by atoms with Crippen molar-refractivity contribution in [2.24, 2.45) is 0 Å². The molecule has 0 atom stereocenters. The Morgan fingerprint density at radius 3 is 1.46 bits per heavy atom. The number of benzene rings is 2. The summed E-state index contributed by atoms with van der Waals surface area (Å²) in [4.78, 5) is 9.57. The smallest absolute Gasteiger partial charge is 0.780 e. The van der Waals surface area contributed by atoms with Gasteiger partial charge >= 0.3 is 16.5 Å². The van der Waals surface area contributed by atoms with Gasteiger partial charge in [0.2, 0.25) is 0 Å². The van der Waals surface area contributed by atoms with E-state index in [2.05, 4.69) is 16.0 Å². The first-order valence-electron chi connectivity index (χ1n) is 7.90. The van der Waals surface area contributed by atoms with Gasteiger partial charge in [0, 0.05) is 23.8 Å². The fraction of sp³-hybridized carbons (Fsp3) is 0. The van der Waals surface area contributed by atoms with Crippen LogP contribution < -0.4 is 0 Å². The minimum Gasteiger partial charge on any atom is -0.780 e. The van der Waals surface area contributed by atoms with Crippen LogP contribution in [0.5, 0.6) is 0 Å². The van der Waals surface area contributed by atoms with E-state index >= 15 is 0 Å². The van der Waals surface area contributed by atoms with Crippen LogP contribution in [0.1, 0.15) is 0 Å². The van der Waals surface area contributed by atoms with Crippen molar-refractivity contribution in [3.63, 3.8) is 0 Å². The summed E-state index contributed by atoms with van der Waals surface area (Å²) < 4.78 is 0. The van der Waals surface area contributed by atoms with Gasteiger partial charge in [-0.3, -0.25) is 9.97 Å². The molecule has 4 heteroatoms. The van der Waals surface area contributed by atoms with Crippen LogP contribution in [0.2, 0.25) is 0 Å². The van der Waals surface area contributed by atoms with Crippen molar-refractivity contribution in [1.29, 1.82) is 0 Å². The average Bonchev–Trinajstić information content (AvgIpc) is 2.71. The maximum atomic E-state index is 4.81. The number of hydrogen-bond acceptors (Lipinski definition) is 3. The maximum Gasteiger partial charge on any atom is 2.00 e. The van der Waals surface area contributed by atoms with Gasteiger partial charge in [0.15, 0.2) is 0 Å². The van der Waals surface area contributed by atoms with Gasteiger partial charge in [0.05, 0.1) is 0 Å². The van der Waals surface area contributed by atoms with Crippen LogP contribution in [-0.2, 0) is 29.1 Å². The van der Waals surface area contributed by atoms with Crippen molar-refractivity contribution >= 4 is 12.6 Å². The number of hydrogen-bond donors (Lipinski definition) is 0. The molecule has 2 heterocycles. The van der Waals surface area contributed by atoms with Crippen LogP contribution in [-0.4, -0.2) is 9.97 Å². The summed E-state index contributed by atoms with van der Waals surface area (Å²) in [7, 11) is 0. The molecule has 0 fully saturated rings. The molecule has 0 unspecified atom stereocenters. The molecule has 26 heavy (non-hydrogen) atoms. The number of nitrogens with zero attached hydrogens (tertiary/aromatic N) is 2. The first kappa shape index (κ1) is 19.8. The first-order valence-corrected chi connectivity index (χ1v) is 8.31. The van der Waals surface area contributed by atoms with E-state index in [-0.39, 0.29) is 16.5 Å². The van der Waals surface area contributed by atoms with E-state index in [0.717, 1.165) is 27.4 Å². The molecule has 4 aromatic rings. The molecule has 2 nitrogen and oxygen atoms in total. The second kappa shape index (κ2) is 10.4. The quantitative estimate of drug-likeness (QED) is 0.263. The van der Waals surface area contributed by atoms with Crippen LogP contribution in [0, 0.1) is 6.07 Å². The fourth-order valence-electron chi connectivity index (χ4n) is 2.23. The molecule has 0 aliphatic heterocycles. The van der Waals surface area contributed by atoms with Crippen LogP contribution in [0.15, 0.2) is 102 Å². The first-order chi connectivity index (χ1) is 12.3. The van der Waals surface area contributed by atoms with Crippen LogP contribution in [0.3, 0.4) is 0 Å². The molecule has 2 aromatic heterocycles. The second-order valence-electron chi connectivity index (χ2n) is 5.22. The Kier molecular flexibility index (Phi) is 7.94. The summed E-state index contributed by atoms with van der Waals surface area (Å²) in [5.41, 5.74) is 3.82. The molecule has 0 saturated heterocycles. The fourth-order valence-corrected chi connectivity index (χ4v) is 2.39. The monoisotopic (exact) mass is 398 g/mol. The number of rotatable bonds is 2. The van der Waals surface area contributed by atoms with Gasteiger partial charge in [0.25, 0.3) is 0 Å². The Bertz CT molecular complexity index is 846. The van der Waals surface area contributed by atoms with Crippen LogP contribution in [0.25, 0.3) is 22.5 Å². The third kappa shape index (κ3) is 5.77. The Morgan fingerprint density at radius 2 is 1.08 bits per heavy atom. The van der Waals surface area contributed by atoms with Crippen molar-refractivity contribution in [1.82, 2.24) is 9.97 Å². The molecule has 4 rings (SSSR count). The van der Waals surface area contributed by atoms with Gasteiger partial charge in [-0.2, -0.15) is 4.90 Å². The Morgan fingerprint density at radius 1 is 0.577 bits per heavy atom. The molecule has 0 amide bonds. The molecule has 2 aromatic carbocycles. The summed E-state index contributed by atoms with van der Waals surface area (Å²) in [5.74, 6) is 0. The van der Waals surface area contributed by atoms with E-state index < -0.39 is 0 Å². The van der Waals surface area contributed by atoms with Gasteiger partial charge in [-0.05, 0) is 12.1 Å². The topological polar surface area (TPSA) is 25.8 Å². The van der Waals surface area contributed by atoms with E-state index in [0.29, 0.717) is 0 Å². The van der Waals surface area contributed by atoms with Crippen molar-refractivity contribution in [3.05, 3.63) is 103 Å². The second-order valence-corrected chi connectivity index (χ2v) is 5.69. The Balaban J connectivity index is 0.000000258. The van der Waals surface area contributed by atoms with Crippen LogP contribution >= 0.6 is 0 Å². The van der Waals surface area contributed by atoms with Gasteiger partial charge in [-0.1, -0.05) is 65.7 Å². The minimum absolute atomic E-state index is 0. The molecular weight excluding hydrogens is 383 g/mol. The molecular formula is C22H16N2NiS. The minimum atomic E-state index is 0. The molecule has 0 aliphatic rings. The zero-order valence-electron chi connectivity index (χ0n) is 13.9. The van der Waals surface area contributed by atoms with Crippen molar-refractivity contribution in [3.8, 4) is 22.5 Å². The predicted octanol–water partition coefficient (Wildman–Crippen LogP) is 5.20. The van der Waals surface area contributed by atoms with Crippen molar-refractivity contribution in [2.75, 3.05) is 0 Å². The molecule has 0 aliphatic carbocycles. The summed E-state index contributed by atoms with van der Waals surface area (Å²) in [6.45, 7) is 0. The Labute approximate surface area is 169 Å². The van der Waals surface area contributed by atoms with Gasteiger partial charge in [-0.15, -0.1) is 24.3 Å². The molecule has 0 saturated carbocycles. The van der Waals surface area contributed by atoms with E-state index in [4.69, 9.17) is 12.6 Å². The van der Waals surface area contributed by atoms with Gasteiger partial charge < -0.3 is 12.6 Å². The van der Waals surface area contributed by atoms with Gasteiger partial charge in [0.1, 0.15) is 0 Å².